The predicted molar refractivity (Wildman–Crippen MR) is 103 cm³/mol. The Balaban J connectivity index is 1.68. The van der Waals surface area contributed by atoms with Gasteiger partial charge in [-0.05, 0) is 42.7 Å². The Morgan fingerprint density at radius 1 is 0.840 bits per heavy atom. The first-order valence-electron chi connectivity index (χ1n) is 8.79. The molecule has 0 aliphatic carbocycles. The molecule has 134 valence electrons. The van der Waals surface area contributed by atoms with Crippen molar-refractivity contribution in [2.75, 3.05) is 31.1 Å². The van der Waals surface area contributed by atoms with E-state index in [0.29, 0.717) is 37.0 Å². The number of anilines is 1. The monoisotopic (exact) mass is 358 g/mol. The lowest BCUT2D eigenvalue weighted by molar-refractivity contribution is 0.385. The number of hydrogen-bond donors (Lipinski definition) is 0. The van der Waals surface area contributed by atoms with Crippen LogP contribution < -0.4 is 4.90 Å². The summed E-state index contributed by atoms with van der Waals surface area (Å²) in [5.74, 6) is 0.519. The second-order valence-corrected chi connectivity index (χ2v) is 8.89. The maximum Gasteiger partial charge on any atom is 0.243 e. The van der Waals surface area contributed by atoms with Gasteiger partial charge in [-0.1, -0.05) is 43.7 Å². The number of nitrogens with zero attached hydrogens (tertiary/aromatic N) is 2. The van der Waals surface area contributed by atoms with Crippen LogP contribution in [-0.2, 0) is 10.0 Å². The molecule has 0 saturated carbocycles. The standard InChI is InChI=1S/C20H26N2O2S/c1-16(2)18-6-8-19(9-7-18)21-12-14-22(15-13-21)25(23,24)20-10-4-17(3)5-11-20/h4-11,16H,12-15H2,1-3H3. The second kappa shape index (κ2) is 7.18. The van der Waals surface area contributed by atoms with Gasteiger partial charge in [-0.25, -0.2) is 8.42 Å². The molecule has 4 nitrogen and oxygen atoms in total. The molecule has 0 radical (unpaired) electrons. The van der Waals surface area contributed by atoms with Gasteiger partial charge in [0.25, 0.3) is 0 Å². The van der Waals surface area contributed by atoms with Crippen molar-refractivity contribution in [2.24, 2.45) is 0 Å². The van der Waals surface area contributed by atoms with Gasteiger partial charge in [-0.2, -0.15) is 4.31 Å². The van der Waals surface area contributed by atoms with Crippen LogP contribution in [0, 0.1) is 6.92 Å². The van der Waals surface area contributed by atoms with Crippen LogP contribution in [0.25, 0.3) is 0 Å². The van der Waals surface area contributed by atoms with Crippen molar-refractivity contribution >= 4 is 15.7 Å². The molecule has 1 heterocycles. The van der Waals surface area contributed by atoms with Gasteiger partial charge in [0.2, 0.25) is 10.0 Å². The SMILES string of the molecule is Cc1ccc(S(=O)(=O)N2CCN(c3ccc(C(C)C)cc3)CC2)cc1. The highest BCUT2D eigenvalue weighted by atomic mass is 32.2. The summed E-state index contributed by atoms with van der Waals surface area (Å²) in [5, 5.41) is 0. The maximum atomic E-state index is 12.8. The van der Waals surface area contributed by atoms with Crippen LogP contribution in [0.2, 0.25) is 0 Å². The molecular formula is C20H26N2O2S. The molecule has 1 saturated heterocycles. The summed E-state index contributed by atoms with van der Waals surface area (Å²) in [6.45, 7) is 8.79. The number of hydrogen-bond acceptors (Lipinski definition) is 3. The molecular weight excluding hydrogens is 332 g/mol. The lowest BCUT2D eigenvalue weighted by Crippen LogP contribution is -2.48. The average Bonchev–Trinajstić information content (AvgIpc) is 2.62. The fourth-order valence-electron chi connectivity index (χ4n) is 3.12. The second-order valence-electron chi connectivity index (χ2n) is 6.95. The Hall–Kier alpha value is -1.85. The van der Waals surface area contributed by atoms with Crippen LogP contribution in [-0.4, -0.2) is 38.9 Å². The molecule has 1 aliphatic rings. The van der Waals surface area contributed by atoms with Crippen molar-refractivity contribution in [3.63, 3.8) is 0 Å². The minimum absolute atomic E-state index is 0.382. The molecule has 25 heavy (non-hydrogen) atoms. The maximum absolute atomic E-state index is 12.8. The number of piperazine rings is 1. The Labute approximate surface area is 151 Å². The van der Waals surface area contributed by atoms with E-state index in [1.807, 2.05) is 19.1 Å². The van der Waals surface area contributed by atoms with Crippen molar-refractivity contribution in [3.05, 3.63) is 59.7 Å². The van der Waals surface area contributed by atoms with Gasteiger partial charge in [-0.3, -0.25) is 0 Å². The van der Waals surface area contributed by atoms with E-state index in [1.165, 1.54) is 5.56 Å². The molecule has 0 spiro atoms. The summed E-state index contributed by atoms with van der Waals surface area (Å²) >= 11 is 0. The Bertz CT molecular complexity index is 804. The number of aryl methyl sites for hydroxylation is 1. The molecule has 2 aromatic carbocycles. The van der Waals surface area contributed by atoms with E-state index >= 15 is 0 Å². The van der Waals surface area contributed by atoms with Crippen molar-refractivity contribution in [1.82, 2.24) is 4.31 Å². The number of rotatable bonds is 4. The van der Waals surface area contributed by atoms with E-state index in [2.05, 4.69) is 43.0 Å². The molecule has 0 unspecified atom stereocenters. The van der Waals surface area contributed by atoms with E-state index in [0.717, 1.165) is 11.3 Å². The molecule has 2 aromatic rings. The molecule has 5 heteroatoms. The highest BCUT2D eigenvalue weighted by Crippen LogP contribution is 2.23. The van der Waals surface area contributed by atoms with Crippen LogP contribution in [0.3, 0.4) is 0 Å². The zero-order valence-electron chi connectivity index (χ0n) is 15.1. The molecule has 0 atom stereocenters. The highest BCUT2D eigenvalue weighted by Gasteiger charge is 2.28. The summed E-state index contributed by atoms with van der Waals surface area (Å²) in [4.78, 5) is 2.64. The van der Waals surface area contributed by atoms with Gasteiger partial charge in [0.15, 0.2) is 0 Å². The van der Waals surface area contributed by atoms with E-state index in [1.54, 1.807) is 16.4 Å². The molecule has 0 aromatic heterocycles. The third-order valence-corrected chi connectivity index (χ3v) is 6.74. The molecule has 0 bridgehead atoms. The van der Waals surface area contributed by atoms with Crippen LogP contribution >= 0.6 is 0 Å². The molecule has 1 fully saturated rings. The van der Waals surface area contributed by atoms with E-state index in [-0.39, 0.29) is 0 Å². The minimum atomic E-state index is -3.40. The summed E-state index contributed by atoms with van der Waals surface area (Å²) in [7, 11) is -3.40. The first-order chi connectivity index (χ1) is 11.9. The van der Waals surface area contributed by atoms with Gasteiger partial charge in [0.1, 0.15) is 0 Å². The van der Waals surface area contributed by atoms with E-state index < -0.39 is 10.0 Å². The van der Waals surface area contributed by atoms with Gasteiger partial charge in [-0.15, -0.1) is 0 Å². The lowest BCUT2D eigenvalue weighted by Gasteiger charge is -2.35. The smallest absolute Gasteiger partial charge is 0.243 e. The van der Waals surface area contributed by atoms with Gasteiger partial charge in [0.05, 0.1) is 4.90 Å². The van der Waals surface area contributed by atoms with Gasteiger partial charge < -0.3 is 4.90 Å². The summed E-state index contributed by atoms with van der Waals surface area (Å²) in [6, 6.07) is 15.7. The van der Waals surface area contributed by atoms with Crippen LogP contribution in [0.15, 0.2) is 53.4 Å². The van der Waals surface area contributed by atoms with Gasteiger partial charge >= 0.3 is 0 Å². The third-order valence-electron chi connectivity index (χ3n) is 4.82. The Kier molecular flexibility index (Phi) is 5.16. The summed E-state index contributed by atoms with van der Waals surface area (Å²) < 4.78 is 27.1. The van der Waals surface area contributed by atoms with E-state index in [9.17, 15) is 8.42 Å². The van der Waals surface area contributed by atoms with Crippen LogP contribution in [0.4, 0.5) is 5.69 Å². The minimum Gasteiger partial charge on any atom is -0.369 e. The van der Waals surface area contributed by atoms with Gasteiger partial charge in [0, 0.05) is 31.9 Å². The Morgan fingerprint density at radius 3 is 1.92 bits per heavy atom. The van der Waals surface area contributed by atoms with Crippen molar-refractivity contribution in [1.29, 1.82) is 0 Å². The lowest BCUT2D eigenvalue weighted by atomic mass is 10.0. The molecule has 3 rings (SSSR count). The zero-order chi connectivity index (χ0) is 18.0. The topological polar surface area (TPSA) is 40.6 Å². The fraction of sp³-hybridized carbons (Fsp3) is 0.400. The first-order valence-corrected chi connectivity index (χ1v) is 10.2. The number of sulfonamides is 1. The van der Waals surface area contributed by atoms with Crippen molar-refractivity contribution in [2.45, 2.75) is 31.6 Å². The van der Waals surface area contributed by atoms with Crippen molar-refractivity contribution < 1.29 is 8.42 Å². The quantitative estimate of drug-likeness (QED) is 0.838. The average molecular weight is 359 g/mol. The Morgan fingerprint density at radius 2 is 1.40 bits per heavy atom. The highest BCUT2D eigenvalue weighted by molar-refractivity contribution is 7.89. The summed E-state index contributed by atoms with van der Waals surface area (Å²) in [6.07, 6.45) is 0. The zero-order valence-corrected chi connectivity index (χ0v) is 16.0. The van der Waals surface area contributed by atoms with Crippen molar-refractivity contribution in [3.8, 4) is 0 Å². The summed E-state index contributed by atoms with van der Waals surface area (Å²) in [5.41, 5.74) is 3.55. The predicted octanol–water partition coefficient (Wildman–Crippen LogP) is 3.63. The van der Waals surface area contributed by atoms with Crippen LogP contribution in [0.5, 0.6) is 0 Å². The number of benzene rings is 2. The van der Waals surface area contributed by atoms with E-state index in [4.69, 9.17) is 0 Å². The first kappa shape index (κ1) is 18.0. The molecule has 0 N–H and O–H groups in total. The third kappa shape index (κ3) is 3.88. The molecule has 1 aliphatic heterocycles. The largest absolute Gasteiger partial charge is 0.369 e. The normalized spacial score (nSPS) is 16.4. The fourth-order valence-corrected chi connectivity index (χ4v) is 4.54. The van der Waals surface area contributed by atoms with Crippen LogP contribution in [0.1, 0.15) is 30.9 Å². The molecule has 0 amide bonds.